The van der Waals surface area contributed by atoms with E-state index in [-0.39, 0.29) is 17.5 Å². The summed E-state index contributed by atoms with van der Waals surface area (Å²) in [6.07, 6.45) is 3.57. The van der Waals surface area contributed by atoms with Gasteiger partial charge in [0.25, 0.3) is 5.89 Å². The van der Waals surface area contributed by atoms with Gasteiger partial charge in [-0.1, -0.05) is 5.16 Å². The van der Waals surface area contributed by atoms with Crippen molar-refractivity contribution in [3.63, 3.8) is 0 Å². The molecule has 1 saturated heterocycles. The molecule has 4 rings (SSSR count). The van der Waals surface area contributed by atoms with Crippen LogP contribution in [-0.4, -0.2) is 47.6 Å². The summed E-state index contributed by atoms with van der Waals surface area (Å²) in [5.74, 6) is 0.674. The van der Waals surface area contributed by atoms with Crippen LogP contribution in [0, 0.1) is 0 Å². The smallest absolute Gasteiger partial charge is 0.258 e. The Kier molecular flexibility index (Phi) is 4.77. The van der Waals surface area contributed by atoms with Crippen molar-refractivity contribution in [2.24, 2.45) is 7.05 Å². The molecule has 0 bridgehead atoms. The molecular formula is C17H19N5O4S. The van der Waals surface area contributed by atoms with E-state index in [1.165, 1.54) is 12.1 Å². The number of benzene rings is 1. The van der Waals surface area contributed by atoms with E-state index in [4.69, 9.17) is 9.26 Å². The van der Waals surface area contributed by atoms with Crippen molar-refractivity contribution in [2.75, 3.05) is 13.2 Å². The van der Waals surface area contributed by atoms with Crippen LogP contribution in [0.2, 0.25) is 0 Å². The molecule has 142 valence electrons. The van der Waals surface area contributed by atoms with E-state index in [0.717, 1.165) is 12.8 Å². The largest absolute Gasteiger partial charge is 0.377 e. The van der Waals surface area contributed by atoms with Crippen LogP contribution < -0.4 is 4.72 Å². The van der Waals surface area contributed by atoms with Crippen molar-refractivity contribution in [1.82, 2.24) is 24.6 Å². The number of nitrogens with zero attached hydrogens (tertiary/aromatic N) is 4. The molecule has 3 heterocycles. The van der Waals surface area contributed by atoms with Gasteiger partial charge < -0.3 is 9.26 Å². The summed E-state index contributed by atoms with van der Waals surface area (Å²) in [6.45, 7) is 0.965. The zero-order valence-corrected chi connectivity index (χ0v) is 15.5. The van der Waals surface area contributed by atoms with Gasteiger partial charge in [-0.25, -0.2) is 13.1 Å². The normalized spacial score (nSPS) is 17.4. The molecule has 1 N–H and O–H groups in total. The van der Waals surface area contributed by atoms with Gasteiger partial charge in [-0.15, -0.1) is 0 Å². The topological polar surface area (TPSA) is 112 Å². The first-order valence-electron chi connectivity index (χ1n) is 8.57. The van der Waals surface area contributed by atoms with E-state index in [2.05, 4.69) is 20.0 Å². The van der Waals surface area contributed by atoms with Crippen molar-refractivity contribution in [3.05, 3.63) is 36.5 Å². The van der Waals surface area contributed by atoms with E-state index in [0.29, 0.717) is 29.6 Å². The van der Waals surface area contributed by atoms with Crippen LogP contribution in [-0.2, 0) is 21.8 Å². The van der Waals surface area contributed by atoms with Gasteiger partial charge in [0.2, 0.25) is 15.8 Å². The van der Waals surface area contributed by atoms with Gasteiger partial charge in [0.15, 0.2) is 0 Å². The van der Waals surface area contributed by atoms with Crippen molar-refractivity contribution in [1.29, 1.82) is 0 Å². The Morgan fingerprint density at radius 3 is 2.74 bits per heavy atom. The first-order chi connectivity index (χ1) is 13.0. The van der Waals surface area contributed by atoms with Crippen LogP contribution >= 0.6 is 0 Å². The first-order valence-corrected chi connectivity index (χ1v) is 10.0. The van der Waals surface area contributed by atoms with Crippen molar-refractivity contribution in [3.8, 4) is 23.0 Å². The molecule has 1 atom stereocenters. The van der Waals surface area contributed by atoms with Gasteiger partial charge in [-0.3, -0.25) is 4.68 Å². The lowest BCUT2D eigenvalue weighted by Crippen LogP contribution is -2.31. The minimum absolute atomic E-state index is 0.0533. The molecule has 2 aromatic heterocycles. The molecule has 10 heteroatoms. The molecule has 0 saturated carbocycles. The predicted molar refractivity (Wildman–Crippen MR) is 96.1 cm³/mol. The van der Waals surface area contributed by atoms with Crippen LogP contribution in [0.5, 0.6) is 0 Å². The van der Waals surface area contributed by atoms with Crippen LogP contribution in [0.15, 0.2) is 45.9 Å². The fraction of sp³-hybridized carbons (Fsp3) is 0.353. The number of hydrogen-bond donors (Lipinski definition) is 1. The maximum absolute atomic E-state index is 12.4. The van der Waals surface area contributed by atoms with Gasteiger partial charge in [-0.05, 0) is 43.2 Å². The summed E-state index contributed by atoms with van der Waals surface area (Å²) in [4.78, 5) is 4.48. The highest BCUT2D eigenvalue weighted by molar-refractivity contribution is 7.89. The second-order valence-corrected chi connectivity index (χ2v) is 8.08. The SMILES string of the molecule is Cn1ccc(-c2noc(-c3ccc(S(=O)(=O)NCC4CCCO4)cc3)n2)n1. The fourth-order valence-corrected chi connectivity index (χ4v) is 3.91. The molecule has 1 aliphatic heterocycles. The minimum Gasteiger partial charge on any atom is -0.377 e. The average molecular weight is 389 g/mol. The summed E-state index contributed by atoms with van der Waals surface area (Å²) >= 11 is 0. The molecule has 1 unspecified atom stereocenters. The molecule has 1 fully saturated rings. The van der Waals surface area contributed by atoms with E-state index in [1.54, 1.807) is 36.1 Å². The molecule has 1 aliphatic rings. The summed E-state index contributed by atoms with van der Waals surface area (Å²) in [5.41, 5.74) is 1.23. The Labute approximate surface area is 156 Å². The summed E-state index contributed by atoms with van der Waals surface area (Å²) in [5, 5.41) is 8.14. The Morgan fingerprint density at radius 2 is 2.07 bits per heavy atom. The van der Waals surface area contributed by atoms with Gasteiger partial charge in [0, 0.05) is 32.0 Å². The third-order valence-corrected chi connectivity index (χ3v) is 5.74. The predicted octanol–water partition coefficient (Wildman–Crippen LogP) is 1.59. The molecule has 1 aromatic carbocycles. The minimum atomic E-state index is -3.59. The van der Waals surface area contributed by atoms with E-state index >= 15 is 0 Å². The lowest BCUT2D eigenvalue weighted by atomic mass is 10.2. The van der Waals surface area contributed by atoms with Crippen LogP contribution in [0.1, 0.15) is 12.8 Å². The van der Waals surface area contributed by atoms with Crippen molar-refractivity contribution >= 4 is 10.0 Å². The Bertz CT molecular complexity index is 1020. The Hall–Kier alpha value is -2.56. The highest BCUT2D eigenvalue weighted by Crippen LogP contribution is 2.22. The lowest BCUT2D eigenvalue weighted by Gasteiger charge is -2.11. The van der Waals surface area contributed by atoms with Crippen LogP contribution in [0.4, 0.5) is 0 Å². The maximum Gasteiger partial charge on any atom is 0.258 e. The number of aromatic nitrogens is 4. The van der Waals surface area contributed by atoms with Gasteiger partial charge in [0.05, 0.1) is 11.0 Å². The third-order valence-electron chi connectivity index (χ3n) is 4.31. The van der Waals surface area contributed by atoms with Crippen molar-refractivity contribution < 1.29 is 17.7 Å². The zero-order valence-electron chi connectivity index (χ0n) is 14.7. The van der Waals surface area contributed by atoms with E-state index in [1.807, 2.05) is 0 Å². The molecule has 27 heavy (non-hydrogen) atoms. The number of aryl methyl sites for hydroxylation is 1. The van der Waals surface area contributed by atoms with Gasteiger partial charge in [0.1, 0.15) is 5.69 Å². The summed E-state index contributed by atoms with van der Waals surface area (Å²) in [6, 6.07) is 8.08. The van der Waals surface area contributed by atoms with Crippen LogP contribution in [0.3, 0.4) is 0 Å². The number of sulfonamides is 1. The second-order valence-electron chi connectivity index (χ2n) is 6.31. The number of rotatable bonds is 6. The van der Waals surface area contributed by atoms with Gasteiger partial charge >= 0.3 is 0 Å². The Balaban J connectivity index is 1.47. The highest BCUT2D eigenvalue weighted by Gasteiger charge is 2.20. The molecule has 0 aliphatic carbocycles. The quantitative estimate of drug-likeness (QED) is 0.681. The fourth-order valence-electron chi connectivity index (χ4n) is 2.85. The standard InChI is InChI=1S/C17H19N5O4S/c1-22-9-8-15(20-22)16-19-17(26-21-16)12-4-6-14(7-5-12)27(23,24)18-11-13-3-2-10-25-13/h4-9,13,18H,2-3,10-11H2,1H3. The molecule has 9 nitrogen and oxygen atoms in total. The summed E-state index contributed by atoms with van der Waals surface area (Å²) < 4.78 is 39.7. The second kappa shape index (κ2) is 7.22. The average Bonchev–Trinajstić information content (AvgIpc) is 3.41. The van der Waals surface area contributed by atoms with Crippen LogP contribution in [0.25, 0.3) is 23.0 Å². The maximum atomic E-state index is 12.4. The number of nitrogens with one attached hydrogen (secondary N) is 1. The molecule has 0 spiro atoms. The van der Waals surface area contributed by atoms with E-state index in [9.17, 15) is 8.42 Å². The summed E-state index contributed by atoms with van der Waals surface area (Å²) in [7, 11) is -1.79. The monoisotopic (exact) mass is 389 g/mol. The van der Waals surface area contributed by atoms with E-state index < -0.39 is 10.0 Å². The molecular weight excluding hydrogens is 370 g/mol. The first kappa shape index (κ1) is 17.8. The van der Waals surface area contributed by atoms with Crippen molar-refractivity contribution in [2.45, 2.75) is 23.8 Å². The number of hydrogen-bond acceptors (Lipinski definition) is 7. The Morgan fingerprint density at radius 1 is 1.26 bits per heavy atom. The molecule has 0 amide bonds. The zero-order chi connectivity index (χ0) is 18.9. The molecule has 0 radical (unpaired) electrons. The highest BCUT2D eigenvalue weighted by atomic mass is 32.2. The number of ether oxygens (including phenoxy) is 1. The third kappa shape index (κ3) is 3.92. The molecule has 3 aromatic rings. The lowest BCUT2D eigenvalue weighted by molar-refractivity contribution is 0.114. The van der Waals surface area contributed by atoms with Gasteiger partial charge in [-0.2, -0.15) is 10.1 Å².